The first-order valence-corrected chi connectivity index (χ1v) is 5.92. The second kappa shape index (κ2) is 5.43. The largest absolute Gasteiger partial charge is 0.416 e. The minimum Gasteiger partial charge on any atom is -0.398 e. The van der Waals surface area contributed by atoms with Crippen LogP contribution in [0.2, 0.25) is 0 Å². The summed E-state index contributed by atoms with van der Waals surface area (Å²) in [5.74, 6) is -0.883. The van der Waals surface area contributed by atoms with Gasteiger partial charge in [-0.2, -0.15) is 18.2 Å². The van der Waals surface area contributed by atoms with Crippen LogP contribution in [0.25, 0.3) is 11.5 Å². The molecule has 0 saturated heterocycles. The van der Waals surface area contributed by atoms with E-state index in [1.807, 2.05) is 0 Å². The van der Waals surface area contributed by atoms with Gasteiger partial charge in [0, 0.05) is 12.2 Å². The first-order valence-electron chi connectivity index (χ1n) is 5.92. The highest BCUT2D eigenvalue weighted by Crippen LogP contribution is 2.34. The fourth-order valence-corrected chi connectivity index (χ4v) is 1.60. The lowest BCUT2D eigenvalue weighted by Gasteiger charge is -2.08. The maximum absolute atomic E-state index is 12.5. The zero-order valence-electron chi connectivity index (χ0n) is 10.9. The molecule has 0 aliphatic rings. The van der Waals surface area contributed by atoms with Gasteiger partial charge >= 0.3 is 6.18 Å². The third-order valence-corrected chi connectivity index (χ3v) is 2.58. The second-order valence-electron chi connectivity index (χ2n) is 4.08. The minimum absolute atomic E-state index is 0.123. The van der Waals surface area contributed by atoms with Crippen LogP contribution >= 0.6 is 0 Å². The zero-order valence-corrected chi connectivity index (χ0v) is 10.9. The normalized spacial score (nSPS) is 11.4. The van der Waals surface area contributed by atoms with Crippen molar-refractivity contribution in [3.05, 3.63) is 29.6 Å². The number of benzene rings is 1. The van der Waals surface area contributed by atoms with E-state index in [1.54, 1.807) is 6.92 Å². The summed E-state index contributed by atoms with van der Waals surface area (Å²) >= 11 is 0. The number of alkyl halides is 3. The lowest BCUT2D eigenvalue weighted by Crippen LogP contribution is -2.23. The molecular formula is C12H11F3N4O2. The fraction of sp³-hybridized carbons (Fsp3) is 0.250. The van der Waals surface area contributed by atoms with Crippen molar-refractivity contribution in [2.24, 2.45) is 0 Å². The Kier molecular flexibility index (Phi) is 3.83. The number of rotatable bonds is 3. The molecule has 21 heavy (non-hydrogen) atoms. The van der Waals surface area contributed by atoms with E-state index in [0.29, 0.717) is 6.54 Å². The number of nitrogens with one attached hydrogen (secondary N) is 1. The summed E-state index contributed by atoms with van der Waals surface area (Å²) in [6, 6.07) is 2.74. The maximum Gasteiger partial charge on any atom is 0.416 e. The summed E-state index contributed by atoms with van der Waals surface area (Å²) in [4.78, 5) is 15.3. The summed E-state index contributed by atoms with van der Waals surface area (Å²) in [7, 11) is 0. The number of hydrogen-bond donors (Lipinski definition) is 2. The van der Waals surface area contributed by atoms with Gasteiger partial charge in [-0.25, -0.2) is 0 Å². The molecule has 0 aliphatic heterocycles. The number of nitrogen functional groups attached to an aromatic ring is 1. The molecule has 2 aromatic rings. The van der Waals surface area contributed by atoms with Crippen LogP contribution in [0.4, 0.5) is 18.9 Å². The Morgan fingerprint density at radius 3 is 2.71 bits per heavy atom. The molecule has 3 N–H and O–H groups in total. The molecule has 0 atom stereocenters. The Morgan fingerprint density at radius 2 is 2.14 bits per heavy atom. The Labute approximate surface area is 117 Å². The van der Waals surface area contributed by atoms with Gasteiger partial charge in [-0.05, 0) is 25.1 Å². The van der Waals surface area contributed by atoms with Crippen molar-refractivity contribution in [1.82, 2.24) is 15.5 Å². The highest BCUT2D eigenvalue weighted by Gasteiger charge is 2.31. The summed E-state index contributed by atoms with van der Waals surface area (Å²) in [5.41, 5.74) is 4.64. The van der Waals surface area contributed by atoms with E-state index in [2.05, 4.69) is 15.5 Å². The highest BCUT2D eigenvalue weighted by molar-refractivity contribution is 5.90. The van der Waals surface area contributed by atoms with E-state index >= 15 is 0 Å². The van der Waals surface area contributed by atoms with Crippen LogP contribution in [0, 0.1) is 0 Å². The molecule has 0 unspecified atom stereocenters. The fourth-order valence-electron chi connectivity index (χ4n) is 1.60. The minimum atomic E-state index is -4.49. The van der Waals surface area contributed by atoms with Gasteiger partial charge in [0.05, 0.1) is 11.1 Å². The van der Waals surface area contributed by atoms with Crippen molar-refractivity contribution >= 4 is 11.6 Å². The second-order valence-corrected chi connectivity index (χ2v) is 4.08. The number of anilines is 1. The van der Waals surface area contributed by atoms with Crippen LogP contribution in [-0.4, -0.2) is 22.6 Å². The molecule has 9 heteroatoms. The number of nitrogens with two attached hydrogens (primary N) is 1. The molecule has 0 radical (unpaired) electrons. The molecule has 0 spiro atoms. The topological polar surface area (TPSA) is 94.0 Å². The van der Waals surface area contributed by atoms with E-state index in [-0.39, 0.29) is 23.0 Å². The third-order valence-electron chi connectivity index (χ3n) is 2.58. The van der Waals surface area contributed by atoms with Crippen molar-refractivity contribution in [2.75, 3.05) is 12.3 Å². The molecule has 1 aromatic carbocycles. The van der Waals surface area contributed by atoms with E-state index in [1.165, 1.54) is 0 Å². The van der Waals surface area contributed by atoms with Gasteiger partial charge in [0.25, 0.3) is 17.6 Å². The number of aromatic nitrogens is 2. The predicted molar refractivity (Wildman–Crippen MR) is 67.2 cm³/mol. The summed E-state index contributed by atoms with van der Waals surface area (Å²) < 4.78 is 42.5. The van der Waals surface area contributed by atoms with Gasteiger partial charge in [0.1, 0.15) is 0 Å². The quantitative estimate of drug-likeness (QED) is 0.846. The van der Waals surface area contributed by atoms with Crippen LogP contribution in [0.3, 0.4) is 0 Å². The summed E-state index contributed by atoms with van der Waals surface area (Å²) in [6.07, 6.45) is -4.49. The van der Waals surface area contributed by atoms with Gasteiger partial charge < -0.3 is 15.6 Å². The summed E-state index contributed by atoms with van der Waals surface area (Å²) in [5, 5.41) is 5.91. The number of carbonyl (C=O) groups excluding carboxylic acids is 1. The van der Waals surface area contributed by atoms with Crippen LogP contribution in [0.15, 0.2) is 22.7 Å². The Morgan fingerprint density at radius 1 is 1.43 bits per heavy atom. The molecule has 0 fully saturated rings. The molecule has 1 aromatic heterocycles. The van der Waals surface area contributed by atoms with Crippen molar-refractivity contribution in [2.45, 2.75) is 13.1 Å². The molecule has 1 amide bonds. The maximum atomic E-state index is 12.5. The average Bonchev–Trinajstić information content (AvgIpc) is 2.87. The molecule has 1 heterocycles. The lowest BCUT2D eigenvalue weighted by molar-refractivity contribution is -0.137. The lowest BCUT2D eigenvalue weighted by atomic mass is 10.1. The van der Waals surface area contributed by atoms with Gasteiger partial charge in [-0.15, -0.1) is 0 Å². The van der Waals surface area contributed by atoms with Crippen molar-refractivity contribution in [3.63, 3.8) is 0 Å². The standard InChI is InChI=1S/C12H11F3N4O2/c1-2-17-10(20)9-18-11(21-19-9)7-4-3-6(5-8(7)16)12(13,14)15/h3-5H,2,16H2,1H3,(H,17,20). The van der Waals surface area contributed by atoms with Crippen LogP contribution < -0.4 is 11.1 Å². The monoisotopic (exact) mass is 300 g/mol. The van der Waals surface area contributed by atoms with Crippen molar-refractivity contribution < 1.29 is 22.5 Å². The number of halogens is 3. The first-order chi connectivity index (χ1) is 9.82. The van der Waals surface area contributed by atoms with Gasteiger partial charge in [0.2, 0.25) is 0 Å². The van der Waals surface area contributed by atoms with Crippen LogP contribution in [0.1, 0.15) is 23.1 Å². The molecule has 112 valence electrons. The van der Waals surface area contributed by atoms with Gasteiger partial charge in [-0.3, -0.25) is 4.79 Å². The predicted octanol–water partition coefficient (Wildman–Crippen LogP) is 2.09. The number of carbonyl (C=O) groups is 1. The molecule has 0 aliphatic carbocycles. The molecule has 6 nitrogen and oxygen atoms in total. The van der Waals surface area contributed by atoms with Crippen LogP contribution in [0.5, 0.6) is 0 Å². The highest BCUT2D eigenvalue weighted by atomic mass is 19.4. The smallest absolute Gasteiger partial charge is 0.398 e. The Balaban J connectivity index is 2.33. The molecule has 2 rings (SSSR count). The van der Waals surface area contributed by atoms with E-state index in [4.69, 9.17) is 10.3 Å². The van der Waals surface area contributed by atoms with Crippen LogP contribution in [-0.2, 0) is 6.18 Å². The van der Waals surface area contributed by atoms with Gasteiger partial charge in [0.15, 0.2) is 0 Å². The number of nitrogens with zero attached hydrogens (tertiary/aromatic N) is 2. The molecular weight excluding hydrogens is 289 g/mol. The third kappa shape index (κ3) is 3.12. The number of hydrogen-bond acceptors (Lipinski definition) is 5. The van der Waals surface area contributed by atoms with E-state index in [9.17, 15) is 18.0 Å². The number of amides is 1. The molecule has 0 bridgehead atoms. The molecule has 0 saturated carbocycles. The Bertz CT molecular complexity index is 667. The Hall–Kier alpha value is -2.58. The van der Waals surface area contributed by atoms with Crippen molar-refractivity contribution in [3.8, 4) is 11.5 Å². The average molecular weight is 300 g/mol. The van der Waals surface area contributed by atoms with Crippen molar-refractivity contribution in [1.29, 1.82) is 0 Å². The summed E-state index contributed by atoms with van der Waals surface area (Å²) in [6.45, 7) is 2.10. The SMILES string of the molecule is CCNC(=O)c1noc(-c2ccc(C(F)(F)F)cc2N)n1. The zero-order chi connectivity index (χ0) is 15.6. The van der Waals surface area contributed by atoms with Gasteiger partial charge in [-0.1, -0.05) is 5.16 Å². The van der Waals surface area contributed by atoms with E-state index < -0.39 is 17.6 Å². The van der Waals surface area contributed by atoms with E-state index in [0.717, 1.165) is 18.2 Å². The first kappa shape index (κ1) is 14.8.